The minimum atomic E-state index is -4.69. The molecule has 2 aromatic carbocycles. The lowest BCUT2D eigenvalue weighted by atomic mass is 10.2. The number of ether oxygens (including phenoxy) is 1. The number of halogens is 3. The molecule has 2 aromatic rings. The molecule has 10 heteroatoms. The molecule has 0 unspecified atom stereocenters. The molecule has 27 heavy (non-hydrogen) atoms. The summed E-state index contributed by atoms with van der Waals surface area (Å²) in [6, 6.07) is 8.95. The molecule has 1 amide bonds. The van der Waals surface area contributed by atoms with Crippen molar-refractivity contribution in [2.24, 2.45) is 0 Å². The topological polar surface area (TPSA) is 81.5 Å². The Hall–Kier alpha value is -2.75. The summed E-state index contributed by atoms with van der Waals surface area (Å²) in [6.07, 6.45) is -4.69. The van der Waals surface area contributed by atoms with Gasteiger partial charge in [-0.15, -0.1) is 11.8 Å². The van der Waals surface area contributed by atoms with Crippen molar-refractivity contribution in [3.8, 4) is 5.75 Å². The van der Waals surface area contributed by atoms with E-state index in [2.05, 4.69) is 5.32 Å². The van der Waals surface area contributed by atoms with Crippen molar-refractivity contribution in [1.82, 2.24) is 0 Å². The molecule has 0 aromatic heterocycles. The lowest BCUT2D eigenvalue weighted by molar-refractivity contribution is -0.388. The highest BCUT2D eigenvalue weighted by atomic mass is 32.2. The van der Waals surface area contributed by atoms with Crippen LogP contribution in [0, 0.1) is 10.1 Å². The maximum atomic E-state index is 12.7. The van der Waals surface area contributed by atoms with Crippen LogP contribution in [-0.2, 0) is 11.0 Å². The number of hydrogen-bond donors (Lipinski definition) is 1. The van der Waals surface area contributed by atoms with Crippen LogP contribution >= 0.6 is 11.8 Å². The van der Waals surface area contributed by atoms with Crippen molar-refractivity contribution in [1.29, 1.82) is 0 Å². The summed E-state index contributed by atoms with van der Waals surface area (Å²) >= 11 is 0.779. The third-order valence-electron chi connectivity index (χ3n) is 3.30. The van der Waals surface area contributed by atoms with E-state index in [1.54, 1.807) is 31.2 Å². The van der Waals surface area contributed by atoms with Gasteiger partial charge in [0.15, 0.2) is 0 Å². The SMILES string of the molecule is CCOc1ccccc1NC(=O)CSc1ccc(C(F)(F)F)cc1[N+](=O)[O-]. The number of anilines is 1. The number of carbonyl (C=O) groups excluding carboxylic acids is 1. The Bertz CT molecular complexity index is 843. The highest BCUT2D eigenvalue weighted by Crippen LogP contribution is 2.36. The summed E-state index contributed by atoms with van der Waals surface area (Å²) in [7, 11) is 0. The first-order chi connectivity index (χ1) is 12.7. The number of nitro groups is 1. The third-order valence-corrected chi connectivity index (χ3v) is 4.37. The minimum Gasteiger partial charge on any atom is -0.492 e. The Morgan fingerprint density at radius 3 is 2.59 bits per heavy atom. The van der Waals surface area contributed by atoms with Crippen LogP contribution in [0.5, 0.6) is 5.75 Å². The maximum Gasteiger partial charge on any atom is 0.416 e. The summed E-state index contributed by atoms with van der Waals surface area (Å²) in [5, 5.41) is 13.7. The van der Waals surface area contributed by atoms with E-state index in [1.165, 1.54) is 0 Å². The number of amides is 1. The van der Waals surface area contributed by atoms with Crippen LogP contribution in [0.3, 0.4) is 0 Å². The Morgan fingerprint density at radius 2 is 1.96 bits per heavy atom. The number of nitrogens with one attached hydrogen (secondary N) is 1. The fourth-order valence-corrected chi connectivity index (χ4v) is 2.94. The number of thioether (sulfide) groups is 1. The molecular formula is C17H15F3N2O4S. The van der Waals surface area contributed by atoms with Crippen LogP contribution in [0.4, 0.5) is 24.5 Å². The lowest BCUT2D eigenvalue weighted by Gasteiger charge is -2.11. The van der Waals surface area contributed by atoms with E-state index in [0.717, 1.165) is 23.9 Å². The second-order valence-electron chi connectivity index (χ2n) is 5.20. The maximum absolute atomic E-state index is 12.7. The first-order valence-electron chi connectivity index (χ1n) is 7.72. The molecule has 0 aliphatic heterocycles. The molecule has 6 nitrogen and oxygen atoms in total. The number of benzene rings is 2. The minimum absolute atomic E-state index is 0.0266. The van der Waals surface area contributed by atoms with Crippen molar-refractivity contribution >= 4 is 29.0 Å². The summed E-state index contributed by atoms with van der Waals surface area (Å²) in [5.41, 5.74) is -1.38. The number of rotatable bonds is 7. The average molecular weight is 400 g/mol. The number of para-hydroxylation sites is 2. The van der Waals surface area contributed by atoms with E-state index >= 15 is 0 Å². The van der Waals surface area contributed by atoms with Gasteiger partial charge < -0.3 is 10.1 Å². The van der Waals surface area contributed by atoms with Gasteiger partial charge in [0.25, 0.3) is 5.69 Å². The quantitative estimate of drug-likeness (QED) is 0.412. The van der Waals surface area contributed by atoms with Crippen molar-refractivity contribution in [3.63, 3.8) is 0 Å². The van der Waals surface area contributed by atoms with E-state index in [9.17, 15) is 28.1 Å². The van der Waals surface area contributed by atoms with Gasteiger partial charge in [0, 0.05) is 6.07 Å². The second-order valence-corrected chi connectivity index (χ2v) is 6.22. The summed E-state index contributed by atoms with van der Waals surface area (Å²) < 4.78 is 43.5. The fourth-order valence-electron chi connectivity index (χ4n) is 2.14. The van der Waals surface area contributed by atoms with E-state index in [4.69, 9.17) is 4.74 Å². The lowest BCUT2D eigenvalue weighted by Crippen LogP contribution is -2.15. The third kappa shape index (κ3) is 5.61. The zero-order valence-electron chi connectivity index (χ0n) is 14.1. The zero-order chi connectivity index (χ0) is 20.0. The van der Waals surface area contributed by atoms with Crippen LogP contribution in [0.2, 0.25) is 0 Å². The molecule has 0 heterocycles. The Labute approximate surface area is 156 Å². The molecule has 0 aliphatic rings. The molecule has 0 saturated carbocycles. The smallest absolute Gasteiger partial charge is 0.416 e. The number of nitrogens with zero attached hydrogens (tertiary/aromatic N) is 1. The fraction of sp³-hybridized carbons (Fsp3) is 0.235. The molecule has 0 fully saturated rings. The van der Waals surface area contributed by atoms with Crippen LogP contribution in [-0.4, -0.2) is 23.2 Å². The van der Waals surface area contributed by atoms with Gasteiger partial charge in [0.2, 0.25) is 5.91 Å². The van der Waals surface area contributed by atoms with Crippen LogP contribution in [0.25, 0.3) is 0 Å². The molecule has 0 saturated heterocycles. The van der Waals surface area contributed by atoms with Gasteiger partial charge in [-0.1, -0.05) is 12.1 Å². The Morgan fingerprint density at radius 1 is 1.26 bits per heavy atom. The normalized spacial score (nSPS) is 11.1. The van der Waals surface area contributed by atoms with E-state index in [0.29, 0.717) is 24.1 Å². The monoisotopic (exact) mass is 400 g/mol. The summed E-state index contributed by atoms with van der Waals surface area (Å²) in [6.45, 7) is 2.19. The predicted octanol–water partition coefficient (Wildman–Crippen LogP) is 4.74. The van der Waals surface area contributed by atoms with Gasteiger partial charge in [-0.05, 0) is 31.2 Å². The predicted molar refractivity (Wildman–Crippen MR) is 95.1 cm³/mol. The van der Waals surface area contributed by atoms with Crippen molar-refractivity contribution in [2.75, 3.05) is 17.7 Å². The standard InChI is InChI=1S/C17H15F3N2O4S/c1-2-26-14-6-4-3-5-12(14)21-16(23)10-27-15-8-7-11(17(18,19)20)9-13(15)22(24)25/h3-9H,2,10H2,1H3,(H,21,23). The molecular weight excluding hydrogens is 385 g/mol. The highest BCUT2D eigenvalue weighted by Gasteiger charge is 2.33. The van der Waals surface area contributed by atoms with Gasteiger partial charge in [-0.3, -0.25) is 14.9 Å². The Balaban J connectivity index is 2.10. The van der Waals surface area contributed by atoms with Crippen LogP contribution in [0.15, 0.2) is 47.4 Å². The largest absolute Gasteiger partial charge is 0.492 e. The molecule has 0 bridgehead atoms. The summed E-state index contributed by atoms with van der Waals surface area (Å²) in [4.78, 5) is 22.2. The second kappa shape index (κ2) is 8.76. The van der Waals surface area contributed by atoms with Gasteiger partial charge >= 0.3 is 6.18 Å². The van der Waals surface area contributed by atoms with Crippen LogP contribution < -0.4 is 10.1 Å². The molecule has 0 radical (unpaired) electrons. The Kier molecular flexibility index (Phi) is 6.67. The molecule has 2 rings (SSSR count). The number of hydrogen-bond acceptors (Lipinski definition) is 5. The summed E-state index contributed by atoms with van der Waals surface area (Å²) in [5.74, 6) is -0.215. The number of carbonyl (C=O) groups is 1. The highest BCUT2D eigenvalue weighted by molar-refractivity contribution is 8.00. The van der Waals surface area contributed by atoms with Crippen molar-refractivity contribution < 1.29 is 27.6 Å². The average Bonchev–Trinajstić information content (AvgIpc) is 2.61. The van der Waals surface area contributed by atoms with E-state index in [-0.39, 0.29) is 10.6 Å². The number of nitro benzene ring substituents is 1. The van der Waals surface area contributed by atoms with Crippen molar-refractivity contribution in [3.05, 3.63) is 58.1 Å². The van der Waals surface area contributed by atoms with E-state index < -0.39 is 28.3 Å². The molecule has 0 atom stereocenters. The van der Waals surface area contributed by atoms with Crippen molar-refractivity contribution in [2.45, 2.75) is 18.0 Å². The van der Waals surface area contributed by atoms with E-state index in [1.807, 2.05) is 0 Å². The van der Waals surface area contributed by atoms with Gasteiger partial charge in [0.05, 0.1) is 33.4 Å². The molecule has 144 valence electrons. The first-order valence-corrected chi connectivity index (χ1v) is 8.71. The molecule has 0 spiro atoms. The van der Waals surface area contributed by atoms with Gasteiger partial charge in [-0.2, -0.15) is 13.2 Å². The number of alkyl halides is 3. The molecule has 0 aliphatic carbocycles. The zero-order valence-corrected chi connectivity index (χ0v) is 14.9. The molecule has 1 N–H and O–H groups in total. The van der Waals surface area contributed by atoms with Crippen LogP contribution in [0.1, 0.15) is 12.5 Å². The van der Waals surface area contributed by atoms with Gasteiger partial charge in [0.1, 0.15) is 5.75 Å². The first kappa shape index (κ1) is 20.6. The van der Waals surface area contributed by atoms with Gasteiger partial charge in [-0.25, -0.2) is 0 Å².